The van der Waals surface area contributed by atoms with Gasteiger partial charge in [0, 0.05) is 11.3 Å². The summed E-state index contributed by atoms with van der Waals surface area (Å²) in [6.07, 6.45) is 0. The Bertz CT molecular complexity index is 798. The van der Waals surface area contributed by atoms with E-state index in [1.165, 1.54) is 18.2 Å². The van der Waals surface area contributed by atoms with Crippen LogP contribution >= 0.6 is 0 Å². The number of hydrogen-bond donors (Lipinski definition) is 2. The molecule has 0 unspecified atom stereocenters. The normalized spacial score (nSPS) is 11.3. The summed E-state index contributed by atoms with van der Waals surface area (Å²) in [5.74, 6) is -0.926. The lowest BCUT2D eigenvalue weighted by Crippen LogP contribution is -2.16. The summed E-state index contributed by atoms with van der Waals surface area (Å²) in [5, 5.41) is 0. The van der Waals surface area contributed by atoms with Crippen LogP contribution in [0.3, 0.4) is 0 Å². The van der Waals surface area contributed by atoms with E-state index in [2.05, 4.69) is 0 Å². The number of hydrogen-bond acceptors (Lipinski definition) is 4. The molecule has 6 heteroatoms. The number of aryl methyl sites for hydroxylation is 1. The van der Waals surface area contributed by atoms with Crippen molar-refractivity contribution in [3.05, 3.63) is 59.2 Å². The topological polar surface area (TPSA) is 103 Å². The predicted octanol–water partition coefficient (Wildman–Crippen LogP) is 1.65. The highest BCUT2D eigenvalue weighted by Crippen LogP contribution is 2.22. The fourth-order valence-corrected chi connectivity index (χ4v) is 3.48. The highest BCUT2D eigenvalue weighted by atomic mass is 32.2. The predicted molar refractivity (Wildman–Crippen MR) is 81.4 cm³/mol. The molecule has 0 saturated heterocycles. The fourth-order valence-electron chi connectivity index (χ4n) is 2.02. The number of primary amides is 1. The van der Waals surface area contributed by atoms with Gasteiger partial charge in [-0.2, -0.15) is 0 Å². The number of benzene rings is 2. The molecule has 2 aromatic carbocycles. The van der Waals surface area contributed by atoms with Crippen LogP contribution in [0.25, 0.3) is 0 Å². The van der Waals surface area contributed by atoms with Crippen LogP contribution in [0, 0.1) is 6.92 Å². The third-order valence-electron chi connectivity index (χ3n) is 3.23. The Hall–Kier alpha value is -2.34. The largest absolute Gasteiger partial charge is 0.399 e. The van der Waals surface area contributed by atoms with Crippen LogP contribution in [0.1, 0.15) is 21.5 Å². The van der Waals surface area contributed by atoms with E-state index in [-0.39, 0.29) is 16.2 Å². The minimum absolute atomic E-state index is 0.175. The first-order valence-corrected chi connectivity index (χ1v) is 7.93. The van der Waals surface area contributed by atoms with Crippen LogP contribution < -0.4 is 11.5 Å². The number of nitrogen functional groups attached to an aromatic ring is 1. The molecule has 0 aliphatic rings. The lowest BCUT2D eigenvalue weighted by Gasteiger charge is -2.09. The van der Waals surface area contributed by atoms with E-state index in [4.69, 9.17) is 11.5 Å². The van der Waals surface area contributed by atoms with Gasteiger partial charge in [-0.1, -0.05) is 18.2 Å². The summed E-state index contributed by atoms with van der Waals surface area (Å²) in [5.41, 5.74) is 12.8. The molecule has 1 amide bonds. The maximum Gasteiger partial charge on any atom is 0.249 e. The highest BCUT2D eigenvalue weighted by Gasteiger charge is 2.19. The highest BCUT2D eigenvalue weighted by molar-refractivity contribution is 7.90. The Balaban J connectivity index is 2.42. The third kappa shape index (κ3) is 3.22. The summed E-state index contributed by atoms with van der Waals surface area (Å²) in [4.78, 5) is 11.5. The second-order valence-electron chi connectivity index (χ2n) is 4.80. The number of anilines is 1. The molecule has 0 radical (unpaired) electrons. The van der Waals surface area contributed by atoms with E-state index in [0.29, 0.717) is 16.8 Å². The quantitative estimate of drug-likeness (QED) is 0.838. The Kier molecular flexibility index (Phi) is 3.99. The summed E-state index contributed by atoms with van der Waals surface area (Å²) in [6.45, 7) is 1.74. The van der Waals surface area contributed by atoms with Crippen LogP contribution in [0.2, 0.25) is 0 Å². The van der Waals surface area contributed by atoms with E-state index < -0.39 is 15.7 Å². The van der Waals surface area contributed by atoms with Crippen molar-refractivity contribution in [1.29, 1.82) is 0 Å². The van der Waals surface area contributed by atoms with Gasteiger partial charge in [-0.05, 0) is 42.3 Å². The van der Waals surface area contributed by atoms with E-state index in [1.807, 2.05) is 0 Å². The van der Waals surface area contributed by atoms with Gasteiger partial charge in [0.1, 0.15) is 0 Å². The number of rotatable bonds is 4. The van der Waals surface area contributed by atoms with Crippen molar-refractivity contribution in [3.63, 3.8) is 0 Å². The molecule has 0 aliphatic carbocycles. The van der Waals surface area contributed by atoms with Crippen LogP contribution in [0.5, 0.6) is 0 Å². The Morgan fingerprint density at radius 1 is 1.14 bits per heavy atom. The first-order valence-electron chi connectivity index (χ1n) is 6.28. The fraction of sp³-hybridized carbons (Fsp3) is 0.133. The first kappa shape index (κ1) is 15.1. The van der Waals surface area contributed by atoms with Gasteiger partial charge < -0.3 is 11.5 Å². The van der Waals surface area contributed by atoms with Crippen molar-refractivity contribution in [2.45, 2.75) is 17.6 Å². The van der Waals surface area contributed by atoms with Crippen LogP contribution in [0.4, 0.5) is 5.69 Å². The Morgan fingerprint density at radius 3 is 2.43 bits per heavy atom. The number of nitrogens with two attached hydrogens (primary N) is 2. The average Bonchev–Trinajstić information content (AvgIpc) is 2.41. The molecular weight excluding hydrogens is 288 g/mol. The minimum Gasteiger partial charge on any atom is -0.399 e. The van der Waals surface area contributed by atoms with Crippen molar-refractivity contribution < 1.29 is 13.2 Å². The Labute approximate surface area is 123 Å². The van der Waals surface area contributed by atoms with Crippen LogP contribution in [-0.2, 0) is 15.6 Å². The number of sulfone groups is 1. The zero-order valence-electron chi connectivity index (χ0n) is 11.5. The van der Waals surface area contributed by atoms with Crippen LogP contribution in [0.15, 0.2) is 47.4 Å². The molecule has 4 N–H and O–H groups in total. The number of amides is 1. The third-order valence-corrected chi connectivity index (χ3v) is 4.89. The minimum atomic E-state index is -3.57. The summed E-state index contributed by atoms with van der Waals surface area (Å²) in [6, 6.07) is 11.0. The summed E-state index contributed by atoms with van der Waals surface area (Å²) >= 11 is 0. The molecule has 0 fully saturated rings. The van der Waals surface area contributed by atoms with Crippen molar-refractivity contribution in [1.82, 2.24) is 0 Å². The molecule has 0 aliphatic heterocycles. The van der Waals surface area contributed by atoms with Gasteiger partial charge in [0.2, 0.25) is 5.91 Å². The molecule has 2 aromatic rings. The molecule has 110 valence electrons. The van der Waals surface area contributed by atoms with Gasteiger partial charge >= 0.3 is 0 Å². The van der Waals surface area contributed by atoms with Gasteiger partial charge in [0.05, 0.1) is 10.6 Å². The molecule has 2 rings (SSSR count). The zero-order chi connectivity index (χ0) is 15.6. The maximum absolute atomic E-state index is 12.4. The molecule has 0 aromatic heterocycles. The van der Waals surface area contributed by atoms with Gasteiger partial charge in [-0.25, -0.2) is 8.42 Å². The molecule has 0 spiro atoms. The van der Waals surface area contributed by atoms with Gasteiger partial charge in [0.15, 0.2) is 9.84 Å². The second-order valence-corrected chi connectivity index (χ2v) is 6.79. The SMILES string of the molecule is Cc1cc(S(=O)(=O)Cc2ccccc2C(N)=O)ccc1N. The second kappa shape index (κ2) is 5.57. The molecular formula is C15H16N2O3S. The standard InChI is InChI=1S/C15H16N2O3S/c1-10-8-12(6-7-14(10)16)21(19,20)9-11-4-2-3-5-13(11)15(17)18/h2-8H,9,16H2,1H3,(H2,17,18). The molecule has 5 nitrogen and oxygen atoms in total. The van der Waals surface area contributed by atoms with E-state index in [1.54, 1.807) is 31.2 Å². The van der Waals surface area contributed by atoms with Crippen molar-refractivity contribution in [3.8, 4) is 0 Å². The van der Waals surface area contributed by atoms with E-state index in [9.17, 15) is 13.2 Å². The first-order chi connectivity index (χ1) is 9.81. The van der Waals surface area contributed by atoms with Crippen molar-refractivity contribution in [2.75, 3.05) is 5.73 Å². The monoisotopic (exact) mass is 304 g/mol. The van der Waals surface area contributed by atoms with Crippen LogP contribution in [-0.4, -0.2) is 14.3 Å². The van der Waals surface area contributed by atoms with E-state index in [0.717, 1.165) is 0 Å². The van der Waals surface area contributed by atoms with Gasteiger partial charge in [-0.3, -0.25) is 4.79 Å². The number of carbonyl (C=O) groups is 1. The molecule has 21 heavy (non-hydrogen) atoms. The lowest BCUT2D eigenvalue weighted by molar-refractivity contribution is 0.0999. The van der Waals surface area contributed by atoms with Crippen molar-refractivity contribution in [2.24, 2.45) is 5.73 Å². The lowest BCUT2D eigenvalue weighted by atomic mass is 10.1. The Morgan fingerprint density at radius 2 is 1.81 bits per heavy atom. The van der Waals surface area contributed by atoms with Gasteiger partial charge in [-0.15, -0.1) is 0 Å². The molecule has 0 bridgehead atoms. The van der Waals surface area contributed by atoms with E-state index >= 15 is 0 Å². The smallest absolute Gasteiger partial charge is 0.249 e. The number of carbonyl (C=O) groups excluding carboxylic acids is 1. The maximum atomic E-state index is 12.4. The molecule has 0 saturated carbocycles. The zero-order valence-corrected chi connectivity index (χ0v) is 12.4. The molecule has 0 heterocycles. The van der Waals surface area contributed by atoms with Crippen molar-refractivity contribution >= 4 is 21.4 Å². The average molecular weight is 304 g/mol. The summed E-state index contributed by atoms with van der Waals surface area (Å²) in [7, 11) is -3.57. The molecule has 0 atom stereocenters. The summed E-state index contributed by atoms with van der Waals surface area (Å²) < 4.78 is 24.9. The van der Waals surface area contributed by atoms with Gasteiger partial charge in [0.25, 0.3) is 0 Å².